The molecule has 4 rings (SSSR count). The SMILES string of the molecule is O=C(C1CC(c2ccccc2)NN1)N1CCC(Oc2ncccn2)CC1. The minimum atomic E-state index is -0.185. The lowest BCUT2D eigenvalue weighted by molar-refractivity contribution is -0.135. The average molecular weight is 353 g/mol. The molecule has 2 fully saturated rings. The highest BCUT2D eigenvalue weighted by Crippen LogP contribution is 2.24. The minimum Gasteiger partial charge on any atom is -0.460 e. The molecule has 2 unspecified atom stereocenters. The Balaban J connectivity index is 1.27. The van der Waals surface area contributed by atoms with E-state index in [9.17, 15) is 4.79 Å². The van der Waals surface area contributed by atoms with Gasteiger partial charge in [-0.15, -0.1) is 0 Å². The van der Waals surface area contributed by atoms with Crippen molar-refractivity contribution in [1.29, 1.82) is 0 Å². The summed E-state index contributed by atoms with van der Waals surface area (Å²) in [7, 11) is 0. The first kappa shape index (κ1) is 16.9. The van der Waals surface area contributed by atoms with Crippen LogP contribution < -0.4 is 15.6 Å². The molecule has 26 heavy (non-hydrogen) atoms. The van der Waals surface area contributed by atoms with Gasteiger partial charge < -0.3 is 9.64 Å². The lowest BCUT2D eigenvalue weighted by Gasteiger charge is -2.33. The normalized spacial score (nSPS) is 23.8. The van der Waals surface area contributed by atoms with E-state index in [1.54, 1.807) is 18.5 Å². The third-order valence-corrected chi connectivity index (χ3v) is 4.97. The largest absolute Gasteiger partial charge is 0.460 e. The van der Waals surface area contributed by atoms with E-state index in [2.05, 4.69) is 33.0 Å². The lowest BCUT2D eigenvalue weighted by atomic mass is 10.0. The van der Waals surface area contributed by atoms with E-state index in [1.165, 1.54) is 5.56 Å². The van der Waals surface area contributed by atoms with Crippen LogP contribution in [0.5, 0.6) is 6.01 Å². The molecular formula is C19H23N5O2. The molecule has 1 amide bonds. The molecule has 1 aromatic carbocycles. The third-order valence-electron chi connectivity index (χ3n) is 4.97. The molecule has 0 bridgehead atoms. The second-order valence-corrected chi connectivity index (χ2v) is 6.71. The summed E-state index contributed by atoms with van der Waals surface area (Å²) in [5, 5.41) is 0. The van der Waals surface area contributed by atoms with E-state index in [0.29, 0.717) is 19.1 Å². The monoisotopic (exact) mass is 353 g/mol. The Morgan fingerprint density at radius 3 is 2.50 bits per heavy atom. The van der Waals surface area contributed by atoms with Crippen molar-refractivity contribution in [1.82, 2.24) is 25.7 Å². The van der Waals surface area contributed by atoms with Crippen molar-refractivity contribution in [2.75, 3.05) is 13.1 Å². The molecule has 2 aromatic rings. The number of amides is 1. The number of ether oxygens (including phenoxy) is 1. The van der Waals surface area contributed by atoms with E-state index >= 15 is 0 Å². The van der Waals surface area contributed by atoms with E-state index in [1.807, 2.05) is 23.1 Å². The van der Waals surface area contributed by atoms with Crippen LogP contribution in [-0.2, 0) is 4.79 Å². The van der Waals surface area contributed by atoms with Crippen LogP contribution >= 0.6 is 0 Å². The molecule has 2 saturated heterocycles. The van der Waals surface area contributed by atoms with Gasteiger partial charge in [-0.25, -0.2) is 20.8 Å². The number of aromatic nitrogens is 2. The zero-order valence-corrected chi connectivity index (χ0v) is 14.5. The summed E-state index contributed by atoms with van der Waals surface area (Å²) in [5.41, 5.74) is 7.61. The van der Waals surface area contributed by atoms with Gasteiger partial charge in [0.2, 0.25) is 5.91 Å². The Labute approximate surface area is 152 Å². The van der Waals surface area contributed by atoms with Gasteiger partial charge in [-0.1, -0.05) is 30.3 Å². The number of hydrogen-bond acceptors (Lipinski definition) is 6. The van der Waals surface area contributed by atoms with Gasteiger partial charge in [0.05, 0.1) is 0 Å². The number of nitrogens with zero attached hydrogens (tertiary/aromatic N) is 3. The first-order valence-corrected chi connectivity index (χ1v) is 9.08. The van der Waals surface area contributed by atoms with Gasteiger partial charge in [-0.2, -0.15) is 0 Å². The Morgan fingerprint density at radius 2 is 1.77 bits per heavy atom. The zero-order valence-electron chi connectivity index (χ0n) is 14.5. The molecule has 2 aliphatic heterocycles. The number of likely N-dealkylation sites (tertiary alicyclic amines) is 1. The fourth-order valence-corrected chi connectivity index (χ4v) is 3.53. The van der Waals surface area contributed by atoms with Crippen molar-refractivity contribution in [2.45, 2.75) is 37.5 Å². The topological polar surface area (TPSA) is 79.4 Å². The smallest absolute Gasteiger partial charge is 0.316 e. The van der Waals surface area contributed by atoms with E-state index in [4.69, 9.17) is 4.74 Å². The highest BCUT2D eigenvalue weighted by molar-refractivity contribution is 5.82. The van der Waals surface area contributed by atoms with E-state index in [0.717, 1.165) is 19.3 Å². The zero-order chi connectivity index (χ0) is 17.8. The maximum atomic E-state index is 12.8. The van der Waals surface area contributed by atoms with Crippen molar-refractivity contribution in [2.24, 2.45) is 0 Å². The molecule has 2 atom stereocenters. The second kappa shape index (κ2) is 7.80. The molecular weight excluding hydrogens is 330 g/mol. The van der Waals surface area contributed by atoms with Gasteiger partial charge >= 0.3 is 6.01 Å². The number of carbonyl (C=O) groups is 1. The molecule has 0 aliphatic carbocycles. The summed E-state index contributed by atoms with van der Waals surface area (Å²) in [6.45, 7) is 1.40. The highest BCUT2D eigenvalue weighted by Gasteiger charge is 2.34. The van der Waals surface area contributed by atoms with Gasteiger partial charge in [0.15, 0.2) is 0 Å². The molecule has 7 heteroatoms. The van der Waals surface area contributed by atoms with Gasteiger partial charge in [0.25, 0.3) is 0 Å². The Morgan fingerprint density at radius 1 is 1.04 bits per heavy atom. The summed E-state index contributed by atoms with van der Waals surface area (Å²) in [4.78, 5) is 22.9. The van der Waals surface area contributed by atoms with Crippen LogP contribution in [-0.4, -0.2) is 46.0 Å². The van der Waals surface area contributed by atoms with Crippen LogP contribution in [0.1, 0.15) is 30.9 Å². The first-order valence-electron chi connectivity index (χ1n) is 9.08. The lowest BCUT2D eigenvalue weighted by Crippen LogP contribution is -2.49. The molecule has 0 spiro atoms. The van der Waals surface area contributed by atoms with Crippen molar-refractivity contribution in [3.63, 3.8) is 0 Å². The van der Waals surface area contributed by atoms with E-state index < -0.39 is 0 Å². The highest BCUT2D eigenvalue weighted by atomic mass is 16.5. The van der Waals surface area contributed by atoms with Gasteiger partial charge in [0, 0.05) is 44.4 Å². The quantitative estimate of drug-likeness (QED) is 0.866. The summed E-state index contributed by atoms with van der Waals surface area (Å²) in [6, 6.07) is 12.4. The fraction of sp³-hybridized carbons (Fsp3) is 0.421. The number of rotatable bonds is 4. The molecule has 136 valence electrons. The number of hydrazine groups is 1. The fourth-order valence-electron chi connectivity index (χ4n) is 3.53. The number of hydrogen-bond donors (Lipinski definition) is 2. The Hall–Kier alpha value is -2.51. The predicted octanol–water partition coefficient (Wildman–Crippen LogP) is 1.45. The van der Waals surface area contributed by atoms with Crippen LogP contribution in [0.2, 0.25) is 0 Å². The van der Waals surface area contributed by atoms with Crippen LogP contribution in [0.3, 0.4) is 0 Å². The van der Waals surface area contributed by atoms with Crippen molar-refractivity contribution < 1.29 is 9.53 Å². The Kier molecular flexibility index (Phi) is 5.08. The van der Waals surface area contributed by atoms with Gasteiger partial charge in [-0.3, -0.25) is 4.79 Å². The molecule has 1 aromatic heterocycles. The molecule has 7 nitrogen and oxygen atoms in total. The van der Waals surface area contributed by atoms with Crippen molar-refractivity contribution in [3.05, 3.63) is 54.4 Å². The van der Waals surface area contributed by atoms with Gasteiger partial charge in [0.1, 0.15) is 12.1 Å². The van der Waals surface area contributed by atoms with E-state index in [-0.39, 0.29) is 24.1 Å². The molecule has 0 saturated carbocycles. The summed E-state index contributed by atoms with van der Waals surface area (Å²) < 4.78 is 5.80. The van der Waals surface area contributed by atoms with Crippen molar-refractivity contribution in [3.8, 4) is 6.01 Å². The van der Waals surface area contributed by atoms with Crippen LogP contribution in [0, 0.1) is 0 Å². The summed E-state index contributed by atoms with van der Waals surface area (Å²) in [5.74, 6) is 0.158. The Bertz CT molecular complexity index is 719. The molecule has 2 N–H and O–H groups in total. The summed E-state index contributed by atoms with van der Waals surface area (Å²) in [6.07, 6.45) is 5.76. The predicted molar refractivity (Wildman–Crippen MR) is 96.1 cm³/mol. The number of benzene rings is 1. The third kappa shape index (κ3) is 3.84. The molecule has 2 aliphatic rings. The average Bonchev–Trinajstić information content (AvgIpc) is 3.20. The summed E-state index contributed by atoms with van der Waals surface area (Å²) >= 11 is 0. The van der Waals surface area contributed by atoms with Crippen LogP contribution in [0.4, 0.5) is 0 Å². The number of carbonyl (C=O) groups excluding carboxylic acids is 1. The number of nitrogens with one attached hydrogen (secondary N) is 2. The minimum absolute atomic E-state index is 0.0631. The molecule has 3 heterocycles. The second-order valence-electron chi connectivity index (χ2n) is 6.71. The number of piperidine rings is 1. The van der Waals surface area contributed by atoms with Gasteiger partial charge in [-0.05, 0) is 18.1 Å². The van der Waals surface area contributed by atoms with Crippen molar-refractivity contribution >= 4 is 5.91 Å². The standard InChI is InChI=1S/C19H23N5O2/c25-18(17-13-16(22-23-17)14-5-2-1-3-6-14)24-11-7-15(8-12-24)26-19-20-9-4-10-21-19/h1-6,9-10,15-17,22-23H,7-8,11-13H2. The maximum Gasteiger partial charge on any atom is 0.316 e. The first-order chi connectivity index (χ1) is 12.8. The van der Waals surface area contributed by atoms with Crippen LogP contribution in [0.15, 0.2) is 48.8 Å². The molecule has 0 radical (unpaired) electrons. The maximum absolute atomic E-state index is 12.8. The van der Waals surface area contributed by atoms with Crippen LogP contribution in [0.25, 0.3) is 0 Å².